The Balaban J connectivity index is 1.87. The van der Waals surface area contributed by atoms with E-state index < -0.39 is 4.92 Å². The molecule has 0 aliphatic carbocycles. The summed E-state index contributed by atoms with van der Waals surface area (Å²) in [6.45, 7) is 1.95. The third kappa shape index (κ3) is 3.07. The van der Waals surface area contributed by atoms with Gasteiger partial charge in [0.25, 0.3) is 11.6 Å². The molecular formula is C17H13N3O3S. The first kappa shape index (κ1) is 15.9. The van der Waals surface area contributed by atoms with Crippen LogP contribution in [-0.2, 0) is 4.79 Å². The third-order valence-electron chi connectivity index (χ3n) is 3.52. The molecule has 0 unspecified atom stereocenters. The molecular weight excluding hydrogens is 326 g/mol. The van der Waals surface area contributed by atoms with E-state index in [2.05, 4.69) is 0 Å². The van der Waals surface area contributed by atoms with E-state index in [1.54, 1.807) is 30.3 Å². The number of aryl methyl sites for hydroxylation is 1. The number of amides is 1. The summed E-state index contributed by atoms with van der Waals surface area (Å²) in [5, 5.41) is 18.9. The zero-order valence-electron chi connectivity index (χ0n) is 12.7. The topological polar surface area (TPSA) is 87.3 Å². The monoisotopic (exact) mass is 339 g/mol. The Hall–Kier alpha value is -2.93. The van der Waals surface area contributed by atoms with Crippen LogP contribution < -0.4 is 4.90 Å². The van der Waals surface area contributed by atoms with E-state index in [-0.39, 0.29) is 16.8 Å². The average Bonchev–Trinajstić information content (AvgIpc) is 2.83. The van der Waals surface area contributed by atoms with E-state index in [4.69, 9.17) is 5.41 Å². The smallest absolute Gasteiger partial charge is 0.271 e. The lowest BCUT2D eigenvalue weighted by Crippen LogP contribution is -2.28. The normalized spacial score (nSPS) is 16.0. The predicted octanol–water partition coefficient (Wildman–Crippen LogP) is 3.96. The molecule has 1 heterocycles. The fourth-order valence-electron chi connectivity index (χ4n) is 2.26. The highest BCUT2D eigenvalue weighted by Crippen LogP contribution is 2.35. The molecule has 1 saturated heterocycles. The average molecular weight is 339 g/mol. The van der Waals surface area contributed by atoms with Crippen LogP contribution >= 0.6 is 11.8 Å². The quantitative estimate of drug-likeness (QED) is 0.521. The first-order chi connectivity index (χ1) is 11.5. The van der Waals surface area contributed by atoms with Crippen molar-refractivity contribution in [2.75, 3.05) is 4.90 Å². The number of rotatable bonds is 3. The maximum atomic E-state index is 12.6. The fraction of sp³-hybridized carbons (Fsp3) is 0.0588. The van der Waals surface area contributed by atoms with Gasteiger partial charge in [-0.3, -0.25) is 25.2 Å². The van der Waals surface area contributed by atoms with Crippen molar-refractivity contribution in [3.63, 3.8) is 0 Å². The van der Waals surface area contributed by atoms with Gasteiger partial charge in [0.15, 0.2) is 5.17 Å². The van der Waals surface area contributed by atoms with E-state index in [0.29, 0.717) is 16.2 Å². The van der Waals surface area contributed by atoms with Crippen molar-refractivity contribution in [2.24, 2.45) is 0 Å². The van der Waals surface area contributed by atoms with Gasteiger partial charge in [-0.2, -0.15) is 0 Å². The number of thioether (sulfide) groups is 1. The van der Waals surface area contributed by atoms with Gasteiger partial charge >= 0.3 is 0 Å². The molecule has 1 N–H and O–H groups in total. The standard InChI is InChI=1S/C17H13N3O3S/c1-11-2-6-13(7-3-11)19-16(21)15(24-17(19)18)10-12-4-8-14(9-5-12)20(22)23/h2-10,18H,1H3/b15-10-,18-17?. The van der Waals surface area contributed by atoms with Crippen LogP contribution in [0.3, 0.4) is 0 Å². The molecule has 0 radical (unpaired) electrons. The van der Waals surface area contributed by atoms with Crippen LogP contribution in [0.4, 0.5) is 11.4 Å². The predicted molar refractivity (Wildman–Crippen MR) is 95.1 cm³/mol. The number of carbonyl (C=O) groups excluding carboxylic acids is 1. The van der Waals surface area contributed by atoms with Crippen LogP contribution in [0.5, 0.6) is 0 Å². The molecule has 1 amide bonds. The number of anilines is 1. The zero-order chi connectivity index (χ0) is 17.3. The molecule has 0 atom stereocenters. The highest BCUT2D eigenvalue weighted by molar-refractivity contribution is 8.19. The number of nitro benzene ring substituents is 1. The second-order valence-electron chi connectivity index (χ2n) is 5.24. The maximum Gasteiger partial charge on any atom is 0.271 e. The van der Waals surface area contributed by atoms with Gasteiger partial charge < -0.3 is 0 Å². The van der Waals surface area contributed by atoms with E-state index in [0.717, 1.165) is 17.3 Å². The molecule has 2 aromatic rings. The van der Waals surface area contributed by atoms with Crippen LogP contribution in [0.1, 0.15) is 11.1 Å². The van der Waals surface area contributed by atoms with Crippen molar-refractivity contribution >= 4 is 40.3 Å². The van der Waals surface area contributed by atoms with Gasteiger partial charge in [0.1, 0.15) is 0 Å². The number of nitrogens with one attached hydrogen (secondary N) is 1. The van der Waals surface area contributed by atoms with Crippen LogP contribution in [0, 0.1) is 22.4 Å². The largest absolute Gasteiger partial charge is 0.278 e. The van der Waals surface area contributed by atoms with E-state index >= 15 is 0 Å². The molecule has 0 aromatic heterocycles. The number of carbonyl (C=O) groups is 1. The minimum Gasteiger partial charge on any atom is -0.278 e. The number of hydrogen-bond acceptors (Lipinski definition) is 5. The molecule has 0 bridgehead atoms. The molecule has 3 rings (SSSR count). The van der Waals surface area contributed by atoms with Gasteiger partial charge in [-0.15, -0.1) is 0 Å². The van der Waals surface area contributed by atoms with Crippen molar-refractivity contribution in [3.8, 4) is 0 Å². The molecule has 6 nitrogen and oxygen atoms in total. The van der Waals surface area contributed by atoms with Crippen LogP contribution in [0.25, 0.3) is 6.08 Å². The molecule has 1 aliphatic rings. The molecule has 24 heavy (non-hydrogen) atoms. The Kier molecular flexibility index (Phi) is 4.18. The lowest BCUT2D eigenvalue weighted by molar-refractivity contribution is -0.384. The summed E-state index contributed by atoms with van der Waals surface area (Å²) in [4.78, 5) is 24.5. The van der Waals surface area contributed by atoms with Gasteiger partial charge in [0.2, 0.25) is 0 Å². The minimum atomic E-state index is -0.471. The van der Waals surface area contributed by atoms with Crippen molar-refractivity contribution in [1.29, 1.82) is 5.41 Å². The Labute approximate surface area is 142 Å². The molecule has 7 heteroatoms. The number of nitro groups is 1. The summed E-state index contributed by atoms with van der Waals surface area (Å²) in [5.41, 5.74) is 2.40. The highest BCUT2D eigenvalue weighted by Gasteiger charge is 2.33. The number of nitrogens with zero attached hydrogens (tertiary/aromatic N) is 2. The van der Waals surface area contributed by atoms with Crippen LogP contribution in [0.15, 0.2) is 53.4 Å². The molecule has 0 spiro atoms. The third-order valence-corrected chi connectivity index (χ3v) is 4.41. The Morgan fingerprint density at radius 3 is 2.33 bits per heavy atom. The van der Waals surface area contributed by atoms with E-state index in [1.165, 1.54) is 17.0 Å². The number of hydrogen-bond donors (Lipinski definition) is 1. The summed E-state index contributed by atoms with van der Waals surface area (Å²) >= 11 is 1.07. The van der Waals surface area contributed by atoms with Gasteiger partial charge in [-0.05, 0) is 54.6 Å². The highest BCUT2D eigenvalue weighted by atomic mass is 32.2. The fourth-order valence-corrected chi connectivity index (χ4v) is 3.12. The lowest BCUT2D eigenvalue weighted by Gasteiger charge is -2.14. The van der Waals surface area contributed by atoms with Crippen LogP contribution in [-0.4, -0.2) is 16.0 Å². The summed E-state index contributed by atoms with van der Waals surface area (Å²) < 4.78 is 0. The second-order valence-corrected chi connectivity index (χ2v) is 6.27. The maximum absolute atomic E-state index is 12.6. The lowest BCUT2D eigenvalue weighted by atomic mass is 10.2. The second kappa shape index (κ2) is 6.29. The van der Waals surface area contributed by atoms with Gasteiger partial charge in [-0.1, -0.05) is 17.7 Å². The van der Waals surface area contributed by atoms with E-state index in [1.807, 2.05) is 19.1 Å². The van der Waals surface area contributed by atoms with Crippen molar-refractivity contribution in [3.05, 3.63) is 74.7 Å². The van der Waals surface area contributed by atoms with Crippen LogP contribution in [0.2, 0.25) is 0 Å². The van der Waals surface area contributed by atoms with Crippen molar-refractivity contribution < 1.29 is 9.72 Å². The molecule has 120 valence electrons. The molecule has 1 fully saturated rings. The van der Waals surface area contributed by atoms with Gasteiger partial charge in [0.05, 0.1) is 15.5 Å². The first-order valence-corrected chi connectivity index (χ1v) is 7.91. The van der Waals surface area contributed by atoms with Gasteiger partial charge in [-0.25, -0.2) is 0 Å². The summed E-state index contributed by atoms with van der Waals surface area (Å²) in [7, 11) is 0. The molecule has 1 aliphatic heterocycles. The summed E-state index contributed by atoms with van der Waals surface area (Å²) in [6.07, 6.45) is 1.64. The number of non-ortho nitro benzene ring substituents is 1. The molecule has 0 saturated carbocycles. The summed E-state index contributed by atoms with van der Waals surface area (Å²) in [6, 6.07) is 13.3. The zero-order valence-corrected chi connectivity index (χ0v) is 13.5. The van der Waals surface area contributed by atoms with Gasteiger partial charge in [0, 0.05) is 12.1 Å². The Morgan fingerprint density at radius 1 is 1.12 bits per heavy atom. The Morgan fingerprint density at radius 2 is 1.75 bits per heavy atom. The first-order valence-electron chi connectivity index (χ1n) is 7.09. The Bertz CT molecular complexity index is 858. The number of benzene rings is 2. The SMILES string of the molecule is Cc1ccc(N2C(=N)S/C(=C\c3ccc([N+](=O)[O-])cc3)C2=O)cc1. The number of amidine groups is 1. The minimum absolute atomic E-state index is 0.00317. The van der Waals surface area contributed by atoms with Crippen molar-refractivity contribution in [1.82, 2.24) is 0 Å². The molecule has 2 aromatic carbocycles. The van der Waals surface area contributed by atoms with Crippen molar-refractivity contribution in [2.45, 2.75) is 6.92 Å². The van der Waals surface area contributed by atoms with E-state index in [9.17, 15) is 14.9 Å². The summed E-state index contributed by atoms with van der Waals surface area (Å²) in [5.74, 6) is -0.271.